The van der Waals surface area contributed by atoms with Gasteiger partial charge in [-0.1, -0.05) is 6.92 Å². The summed E-state index contributed by atoms with van der Waals surface area (Å²) in [5, 5.41) is 7.50. The number of aryl methyl sites for hydroxylation is 1. The summed E-state index contributed by atoms with van der Waals surface area (Å²) >= 11 is 1.42. The maximum atomic E-state index is 13.4. The van der Waals surface area contributed by atoms with E-state index in [-0.39, 0.29) is 11.9 Å². The molecule has 0 fully saturated rings. The Kier molecular flexibility index (Phi) is 4.55. The highest BCUT2D eigenvalue weighted by molar-refractivity contribution is 7.99. The fourth-order valence-corrected chi connectivity index (χ4v) is 2.58. The number of halogens is 1. The minimum atomic E-state index is -0.242. The summed E-state index contributed by atoms with van der Waals surface area (Å²) in [6, 6.07) is 4.78. The summed E-state index contributed by atoms with van der Waals surface area (Å²) in [6.07, 6.45) is 1.51. The molecular formula is C13H17FN4S. The van der Waals surface area contributed by atoms with Crippen LogP contribution in [0.2, 0.25) is 0 Å². The first-order valence-electron chi connectivity index (χ1n) is 6.19. The average molecular weight is 280 g/mol. The summed E-state index contributed by atoms with van der Waals surface area (Å²) in [6.45, 7) is 3.87. The molecule has 0 aliphatic heterocycles. The average Bonchev–Trinajstić information content (AvgIpc) is 2.78. The predicted octanol–water partition coefficient (Wildman–Crippen LogP) is 2.68. The van der Waals surface area contributed by atoms with Gasteiger partial charge in [-0.3, -0.25) is 5.10 Å². The van der Waals surface area contributed by atoms with Crippen LogP contribution in [-0.4, -0.2) is 21.2 Å². The van der Waals surface area contributed by atoms with Crippen molar-refractivity contribution in [2.75, 3.05) is 0 Å². The Hall–Kier alpha value is -1.40. The molecule has 1 heterocycles. The lowest BCUT2D eigenvalue weighted by Crippen LogP contribution is -2.21. The first-order valence-corrected chi connectivity index (χ1v) is 7.01. The van der Waals surface area contributed by atoms with E-state index in [4.69, 9.17) is 5.73 Å². The van der Waals surface area contributed by atoms with Gasteiger partial charge in [0.25, 0.3) is 0 Å². The lowest BCUT2D eigenvalue weighted by Gasteiger charge is -2.12. The largest absolute Gasteiger partial charge is 0.327 e. The molecule has 0 saturated heterocycles. The number of aromatic amines is 1. The van der Waals surface area contributed by atoms with E-state index in [9.17, 15) is 4.39 Å². The van der Waals surface area contributed by atoms with Crippen LogP contribution >= 0.6 is 11.8 Å². The van der Waals surface area contributed by atoms with Crippen molar-refractivity contribution >= 4 is 11.8 Å². The van der Waals surface area contributed by atoms with Crippen molar-refractivity contribution in [1.82, 2.24) is 15.2 Å². The molecule has 102 valence electrons. The van der Waals surface area contributed by atoms with Crippen LogP contribution in [0.3, 0.4) is 0 Å². The van der Waals surface area contributed by atoms with Gasteiger partial charge in [-0.15, -0.1) is 5.10 Å². The van der Waals surface area contributed by atoms with Crippen molar-refractivity contribution < 1.29 is 4.39 Å². The van der Waals surface area contributed by atoms with E-state index in [2.05, 4.69) is 15.2 Å². The number of aromatic nitrogens is 3. The zero-order valence-corrected chi connectivity index (χ0v) is 11.8. The van der Waals surface area contributed by atoms with Crippen LogP contribution in [0.15, 0.2) is 28.3 Å². The maximum Gasteiger partial charge on any atom is 0.213 e. The highest BCUT2D eigenvalue weighted by Crippen LogP contribution is 2.29. The van der Waals surface area contributed by atoms with Gasteiger partial charge in [0.15, 0.2) is 0 Å². The van der Waals surface area contributed by atoms with E-state index in [0.29, 0.717) is 11.6 Å². The third-order valence-corrected chi connectivity index (χ3v) is 3.79. The van der Waals surface area contributed by atoms with Crippen LogP contribution in [0, 0.1) is 12.7 Å². The van der Waals surface area contributed by atoms with Crippen LogP contribution in [-0.2, 0) is 6.42 Å². The van der Waals surface area contributed by atoms with Gasteiger partial charge in [0.1, 0.15) is 11.6 Å². The second-order valence-corrected chi connectivity index (χ2v) is 5.44. The molecule has 1 aromatic heterocycles. The van der Waals surface area contributed by atoms with Gasteiger partial charge in [-0.05, 0) is 55.3 Å². The maximum absolute atomic E-state index is 13.4. The molecule has 6 heteroatoms. The van der Waals surface area contributed by atoms with Crippen LogP contribution in [0.4, 0.5) is 4.39 Å². The van der Waals surface area contributed by atoms with Crippen molar-refractivity contribution in [2.24, 2.45) is 5.73 Å². The SMILES string of the molecule is CCC(N)Cc1cc(F)ccc1Sc1n[nH]c(C)n1. The van der Waals surface area contributed by atoms with Crippen molar-refractivity contribution in [3.63, 3.8) is 0 Å². The smallest absolute Gasteiger partial charge is 0.213 e. The molecule has 19 heavy (non-hydrogen) atoms. The molecule has 2 rings (SSSR count). The van der Waals surface area contributed by atoms with Gasteiger partial charge in [0, 0.05) is 10.9 Å². The second kappa shape index (κ2) is 6.16. The van der Waals surface area contributed by atoms with Gasteiger partial charge in [-0.2, -0.15) is 0 Å². The summed E-state index contributed by atoms with van der Waals surface area (Å²) in [5.41, 5.74) is 6.86. The number of hydrogen-bond acceptors (Lipinski definition) is 4. The second-order valence-electron chi connectivity index (χ2n) is 4.43. The Morgan fingerprint density at radius 3 is 2.89 bits per heavy atom. The molecule has 0 bridgehead atoms. The Morgan fingerprint density at radius 1 is 1.47 bits per heavy atom. The Bertz CT molecular complexity index is 555. The Morgan fingerprint density at radius 2 is 2.26 bits per heavy atom. The van der Waals surface area contributed by atoms with Gasteiger partial charge >= 0.3 is 0 Å². The summed E-state index contributed by atoms with van der Waals surface area (Å²) in [4.78, 5) is 5.19. The van der Waals surface area contributed by atoms with E-state index in [0.717, 1.165) is 22.7 Å². The normalized spacial score (nSPS) is 12.6. The number of nitrogens with zero attached hydrogens (tertiary/aromatic N) is 2. The molecule has 1 unspecified atom stereocenters. The van der Waals surface area contributed by atoms with Gasteiger partial charge in [-0.25, -0.2) is 9.37 Å². The van der Waals surface area contributed by atoms with Gasteiger partial charge in [0.05, 0.1) is 0 Å². The predicted molar refractivity (Wildman–Crippen MR) is 73.6 cm³/mol. The zero-order valence-electron chi connectivity index (χ0n) is 11.0. The van der Waals surface area contributed by atoms with E-state index in [1.165, 1.54) is 23.9 Å². The minimum absolute atomic E-state index is 0.0371. The molecule has 0 aliphatic carbocycles. The Balaban J connectivity index is 2.23. The third-order valence-electron chi connectivity index (χ3n) is 2.81. The van der Waals surface area contributed by atoms with E-state index in [1.54, 1.807) is 6.07 Å². The van der Waals surface area contributed by atoms with Crippen molar-refractivity contribution in [1.29, 1.82) is 0 Å². The molecule has 1 aromatic carbocycles. The number of benzene rings is 1. The molecule has 0 amide bonds. The highest BCUT2D eigenvalue weighted by Gasteiger charge is 2.11. The van der Waals surface area contributed by atoms with Gasteiger partial charge < -0.3 is 5.73 Å². The lowest BCUT2D eigenvalue weighted by atomic mass is 10.0. The van der Waals surface area contributed by atoms with E-state index >= 15 is 0 Å². The number of nitrogens with one attached hydrogen (secondary N) is 1. The molecule has 3 N–H and O–H groups in total. The number of H-pyrrole nitrogens is 1. The van der Waals surface area contributed by atoms with Crippen LogP contribution < -0.4 is 5.73 Å². The van der Waals surface area contributed by atoms with Gasteiger partial charge in [0.2, 0.25) is 5.16 Å². The van der Waals surface area contributed by atoms with Crippen LogP contribution in [0.1, 0.15) is 24.7 Å². The molecule has 0 spiro atoms. The Labute approximate surface area is 116 Å². The summed E-state index contributed by atoms with van der Waals surface area (Å²) < 4.78 is 13.4. The van der Waals surface area contributed by atoms with E-state index in [1.807, 2.05) is 13.8 Å². The molecule has 0 saturated carbocycles. The molecule has 4 nitrogen and oxygen atoms in total. The van der Waals surface area contributed by atoms with Crippen LogP contribution in [0.25, 0.3) is 0 Å². The topological polar surface area (TPSA) is 67.6 Å². The monoisotopic (exact) mass is 280 g/mol. The quantitative estimate of drug-likeness (QED) is 0.883. The number of rotatable bonds is 5. The van der Waals surface area contributed by atoms with Crippen LogP contribution in [0.5, 0.6) is 0 Å². The first-order chi connectivity index (χ1) is 9.08. The molecule has 0 aliphatic rings. The molecule has 1 atom stereocenters. The molecule has 0 radical (unpaired) electrons. The third kappa shape index (κ3) is 3.78. The zero-order chi connectivity index (χ0) is 13.8. The van der Waals surface area contributed by atoms with Crippen molar-refractivity contribution in [3.05, 3.63) is 35.4 Å². The fraction of sp³-hybridized carbons (Fsp3) is 0.385. The lowest BCUT2D eigenvalue weighted by molar-refractivity contribution is 0.609. The highest BCUT2D eigenvalue weighted by atomic mass is 32.2. The van der Waals surface area contributed by atoms with Crippen molar-refractivity contribution in [2.45, 2.75) is 42.8 Å². The summed E-state index contributed by atoms with van der Waals surface area (Å²) in [7, 11) is 0. The number of nitrogens with two attached hydrogens (primary N) is 1. The standard InChI is InChI=1S/C13H17FN4S/c1-3-11(15)7-9-6-10(14)4-5-12(9)19-13-16-8(2)17-18-13/h4-6,11H,3,7,15H2,1-2H3,(H,16,17,18). The molecule has 2 aromatic rings. The van der Waals surface area contributed by atoms with Crippen molar-refractivity contribution in [3.8, 4) is 0 Å². The molecular weight excluding hydrogens is 263 g/mol. The number of hydrogen-bond donors (Lipinski definition) is 2. The first kappa shape index (κ1) is 14.0. The summed E-state index contributed by atoms with van der Waals surface area (Å²) in [5.74, 6) is 0.519. The van der Waals surface area contributed by atoms with E-state index < -0.39 is 0 Å². The minimum Gasteiger partial charge on any atom is -0.327 e. The fourth-order valence-electron chi connectivity index (χ4n) is 1.70.